The molecule has 0 aliphatic rings. The first-order chi connectivity index (χ1) is 24.3. The normalized spacial score (nSPS) is 14.1. The zero-order chi connectivity index (χ0) is 40.5. The Morgan fingerprint density at radius 1 is 0.736 bits per heavy atom. The summed E-state index contributed by atoms with van der Waals surface area (Å²) in [6.07, 6.45) is 11.1. The van der Waals surface area contributed by atoms with E-state index in [1.54, 1.807) is 49.3 Å². The summed E-state index contributed by atoms with van der Waals surface area (Å²) in [5.41, 5.74) is 4.10. The first kappa shape index (κ1) is 46.9. The van der Waals surface area contributed by atoms with E-state index in [1.165, 1.54) is 25.9 Å². The molecule has 0 aliphatic heterocycles. The zero-order valence-electron chi connectivity index (χ0n) is 30.9. The van der Waals surface area contributed by atoms with Gasteiger partial charge in [-0.25, -0.2) is 13.1 Å². The fraction of sp³-hybridized carbons (Fsp3) is 0.400. The predicted molar refractivity (Wildman–Crippen MR) is 219 cm³/mol. The Balaban J connectivity index is 0.000000306. The molecular formula is C35H43Cl4F3N6O2S2Si. The van der Waals surface area contributed by atoms with Crippen LogP contribution in [-0.4, -0.2) is 57.9 Å². The molecule has 3 atom stereocenters. The lowest BCUT2D eigenvalue weighted by atomic mass is 10.0. The van der Waals surface area contributed by atoms with Crippen molar-refractivity contribution < 1.29 is 21.6 Å². The van der Waals surface area contributed by atoms with Crippen molar-refractivity contribution in [3.8, 4) is 22.5 Å². The molecule has 4 rings (SSSR count). The Kier molecular flexibility index (Phi) is 17.3. The Labute approximate surface area is 336 Å². The third kappa shape index (κ3) is 14.1. The van der Waals surface area contributed by atoms with Crippen molar-refractivity contribution in [3.05, 3.63) is 92.7 Å². The van der Waals surface area contributed by atoms with Crippen LogP contribution in [0.3, 0.4) is 0 Å². The van der Waals surface area contributed by atoms with E-state index < -0.39 is 40.6 Å². The molecule has 0 radical (unpaired) electrons. The molecule has 2 unspecified atom stereocenters. The van der Waals surface area contributed by atoms with Crippen LogP contribution >= 0.6 is 46.4 Å². The maximum atomic E-state index is 12.2. The van der Waals surface area contributed by atoms with Gasteiger partial charge >= 0.3 is 5.80 Å². The Hall–Kier alpha value is -2.30. The number of nitrogens with one attached hydrogen (secondary N) is 1. The number of hydrogen-bond donors (Lipinski definition) is 1. The van der Waals surface area contributed by atoms with Gasteiger partial charge in [0.1, 0.15) is 11.0 Å². The molecule has 18 heteroatoms. The first-order valence-electron chi connectivity index (χ1n) is 16.0. The molecule has 2 heterocycles. The van der Waals surface area contributed by atoms with Crippen LogP contribution in [-0.2, 0) is 22.0 Å². The van der Waals surface area contributed by atoms with Gasteiger partial charge in [0, 0.05) is 53.7 Å². The maximum absolute atomic E-state index is 12.2. The molecule has 2 aromatic carbocycles. The van der Waals surface area contributed by atoms with Gasteiger partial charge in [-0.1, -0.05) is 90.3 Å². The molecule has 8 nitrogen and oxygen atoms in total. The molecule has 4 aromatic rings. The van der Waals surface area contributed by atoms with Crippen LogP contribution in [0.2, 0.25) is 39.7 Å². The van der Waals surface area contributed by atoms with Crippen LogP contribution in [0.4, 0.5) is 13.2 Å². The molecule has 0 amide bonds. The highest BCUT2D eigenvalue weighted by atomic mass is 35.5. The van der Waals surface area contributed by atoms with E-state index in [2.05, 4.69) is 29.1 Å². The van der Waals surface area contributed by atoms with Gasteiger partial charge in [0.15, 0.2) is 8.07 Å². The van der Waals surface area contributed by atoms with Gasteiger partial charge < -0.3 is 0 Å². The van der Waals surface area contributed by atoms with Gasteiger partial charge in [-0.05, 0) is 54.0 Å². The number of halogens is 7. The van der Waals surface area contributed by atoms with Gasteiger partial charge in [0.05, 0.1) is 64.4 Å². The van der Waals surface area contributed by atoms with Crippen LogP contribution < -0.4 is 4.72 Å². The SMILES string of the molecule is CC(C)(C)S(=O)N=Cc1ccc(-c2cnccn2)c(Cl)c1Cl.C[C@H](NS(=O)C(C)(C)C)c1ccc(-c2cnccn2)c(Cl)c1Cl.C[Si](C)(C)C(F)(F)F. The third-order valence-electron chi connectivity index (χ3n) is 6.87. The molecule has 0 bridgehead atoms. The molecule has 0 saturated heterocycles. The fourth-order valence-corrected chi connectivity index (χ4v) is 5.91. The van der Waals surface area contributed by atoms with E-state index in [9.17, 15) is 21.6 Å². The average molecular weight is 871 g/mol. The summed E-state index contributed by atoms with van der Waals surface area (Å²) >= 11 is 25.4. The summed E-state index contributed by atoms with van der Waals surface area (Å²) in [6.45, 7) is 17.1. The molecule has 53 heavy (non-hydrogen) atoms. The average Bonchev–Trinajstić information content (AvgIpc) is 3.06. The van der Waals surface area contributed by atoms with Crippen molar-refractivity contribution >= 4 is 82.7 Å². The largest absolute Gasteiger partial charge is 0.360 e. The molecule has 0 aliphatic carbocycles. The van der Waals surface area contributed by atoms with Crippen molar-refractivity contribution in [3.63, 3.8) is 0 Å². The predicted octanol–water partition coefficient (Wildman–Crippen LogP) is 11.3. The second kappa shape index (κ2) is 19.5. The number of nitrogens with zero attached hydrogens (tertiary/aromatic N) is 5. The molecular weight excluding hydrogens is 827 g/mol. The summed E-state index contributed by atoms with van der Waals surface area (Å²) in [7, 11) is -5.41. The molecule has 0 saturated carbocycles. The van der Waals surface area contributed by atoms with Crippen LogP contribution in [0.5, 0.6) is 0 Å². The van der Waals surface area contributed by atoms with Crippen molar-refractivity contribution in [1.82, 2.24) is 24.7 Å². The number of benzene rings is 2. The lowest BCUT2D eigenvalue weighted by Crippen LogP contribution is -2.40. The Morgan fingerprint density at radius 2 is 1.19 bits per heavy atom. The van der Waals surface area contributed by atoms with Crippen LogP contribution in [0.25, 0.3) is 22.5 Å². The number of rotatable bonds is 7. The van der Waals surface area contributed by atoms with Gasteiger partial charge in [-0.3, -0.25) is 19.9 Å². The van der Waals surface area contributed by atoms with E-state index in [1.807, 2.05) is 60.6 Å². The minimum atomic E-state index is -3.92. The van der Waals surface area contributed by atoms with E-state index in [4.69, 9.17) is 46.4 Å². The van der Waals surface area contributed by atoms with E-state index in [0.717, 1.165) is 11.1 Å². The molecule has 0 fully saturated rings. The lowest BCUT2D eigenvalue weighted by molar-refractivity contribution is -0.0552. The lowest BCUT2D eigenvalue weighted by Gasteiger charge is -2.23. The topological polar surface area (TPSA) is 110 Å². The van der Waals surface area contributed by atoms with Crippen LogP contribution in [0.1, 0.15) is 65.6 Å². The van der Waals surface area contributed by atoms with Gasteiger partial charge in [-0.2, -0.15) is 17.6 Å². The summed E-state index contributed by atoms with van der Waals surface area (Å²) < 4.78 is 65.4. The minimum absolute atomic E-state index is 0.198. The Morgan fingerprint density at radius 3 is 1.58 bits per heavy atom. The summed E-state index contributed by atoms with van der Waals surface area (Å²) in [5, 5.41) is 1.56. The van der Waals surface area contributed by atoms with Gasteiger partial charge in [0.25, 0.3) is 0 Å². The second-order valence-electron chi connectivity index (χ2n) is 14.4. The molecule has 1 N–H and O–H groups in total. The summed E-state index contributed by atoms with van der Waals surface area (Å²) in [4.78, 5) is 16.5. The monoisotopic (exact) mass is 868 g/mol. The first-order valence-corrected chi connectivity index (χ1v) is 23.2. The highest BCUT2D eigenvalue weighted by molar-refractivity contribution is 7.85. The molecule has 0 spiro atoms. The molecule has 2 aromatic heterocycles. The summed E-state index contributed by atoms with van der Waals surface area (Å²) in [6, 6.07) is 7.08. The van der Waals surface area contributed by atoms with E-state index >= 15 is 0 Å². The highest BCUT2D eigenvalue weighted by Crippen LogP contribution is 2.38. The Bertz CT molecular complexity index is 1900. The number of hydrogen-bond acceptors (Lipinski definition) is 6. The number of aromatic nitrogens is 4. The smallest absolute Gasteiger partial charge is 0.261 e. The third-order valence-corrected chi connectivity index (χ3v) is 13.4. The fourth-order valence-electron chi connectivity index (χ4n) is 3.50. The van der Waals surface area contributed by atoms with E-state index in [0.29, 0.717) is 42.6 Å². The van der Waals surface area contributed by atoms with Crippen LogP contribution in [0, 0.1) is 0 Å². The highest BCUT2D eigenvalue weighted by Gasteiger charge is 2.45. The van der Waals surface area contributed by atoms with E-state index in [-0.39, 0.29) is 10.8 Å². The quantitative estimate of drug-likeness (QED) is 0.146. The van der Waals surface area contributed by atoms with Crippen molar-refractivity contribution in [2.24, 2.45) is 4.40 Å². The minimum Gasteiger partial charge on any atom is -0.261 e. The zero-order valence-corrected chi connectivity index (χ0v) is 36.6. The summed E-state index contributed by atoms with van der Waals surface area (Å²) in [5.74, 6) is -3.92. The number of alkyl halides is 3. The maximum Gasteiger partial charge on any atom is 0.360 e. The standard InChI is InChI=1S/C16H19Cl2N3OS.C15H15Cl2N3OS.C4H9F3Si/c1-10(21-23(22)16(2,3)4)11-5-6-12(15(18)14(11)17)13-9-19-7-8-20-13;1-15(2,3)22(21)20-8-10-4-5-11(14(17)13(10)16)12-9-18-6-7-19-12;1-8(2,3)4(5,6)7/h5-10,21H,1-4H3;4-9H,1-3H3;1-3H3/t10-,23?;;/m0../s1. The van der Waals surface area contributed by atoms with Crippen molar-refractivity contribution in [1.29, 1.82) is 0 Å². The van der Waals surface area contributed by atoms with Crippen LogP contribution in [0.15, 0.2) is 65.8 Å². The van der Waals surface area contributed by atoms with Crippen molar-refractivity contribution in [2.45, 2.75) is 89.4 Å². The van der Waals surface area contributed by atoms with Crippen molar-refractivity contribution in [2.75, 3.05) is 0 Å². The van der Waals surface area contributed by atoms with Gasteiger partial charge in [0.2, 0.25) is 0 Å². The second-order valence-corrected chi connectivity index (χ2v) is 24.9. The molecule has 290 valence electrons. The van der Waals surface area contributed by atoms with Gasteiger partial charge in [-0.15, -0.1) is 0 Å².